The molecule has 0 aliphatic heterocycles. The molecule has 1 aromatic heterocycles. The van der Waals surface area contributed by atoms with Gasteiger partial charge in [0.25, 0.3) is 0 Å². The number of rotatable bonds is 4. The largest absolute Gasteiger partial charge is 0.323 e. The van der Waals surface area contributed by atoms with Gasteiger partial charge in [-0.15, -0.1) is 4.09 Å². The van der Waals surface area contributed by atoms with Gasteiger partial charge in [-0.2, -0.15) is 17.8 Å². The SMILES string of the molecule is CC(C)Sc1c(F)cnn1S(=O)(=O)N(C)C. The Morgan fingerprint density at radius 3 is 2.50 bits per heavy atom. The van der Waals surface area contributed by atoms with Crippen LogP contribution in [-0.4, -0.2) is 41.3 Å². The smallest absolute Gasteiger partial charge is 0.202 e. The molecule has 1 rings (SSSR count). The fourth-order valence-electron chi connectivity index (χ4n) is 0.946. The minimum absolute atomic E-state index is 0.0173. The van der Waals surface area contributed by atoms with E-state index < -0.39 is 16.0 Å². The fraction of sp³-hybridized carbons (Fsp3) is 0.625. The second kappa shape index (κ2) is 4.72. The van der Waals surface area contributed by atoms with Gasteiger partial charge in [-0.25, -0.2) is 4.39 Å². The van der Waals surface area contributed by atoms with Crippen molar-refractivity contribution in [2.75, 3.05) is 14.1 Å². The second-order valence-corrected chi connectivity index (χ2v) is 7.13. The molecule has 1 aromatic rings. The Labute approximate surface area is 98.8 Å². The van der Waals surface area contributed by atoms with Crippen molar-refractivity contribution in [1.82, 2.24) is 13.5 Å². The van der Waals surface area contributed by atoms with Gasteiger partial charge >= 0.3 is 10.2 Å². The van der Waals surface area contributed by atoms with Gasteiger partial charge in [-0.05, 0) is 0 Å². The third-order valence-electron chi connectivity index (χ3n) is 1.68. The minimum Gasteiger partial charge on any atom is -0.202 e. The molecule has 0 saturated heterocycles. The molecule has 0 atom stereocenters. The molecule has 0 fully saturated rings. The van der Waals surface area contributed by atoms with Gasteiger partial charge in [0.2, 0.25) is 0 Å². The van der Waals surface area contributed by atoms with E-state index in [-0.39, 0.29) is 10.3 Å². The van der Waals surface area contributed by atoms with Crippen LogP contribution in [0.15, 0.2) is 11.2 Å². The molecule has 5 nitrogen and oxygen atoms in total. The Morgan fingerprint density at radius 1 is 1.50 bits per heavy atom. The average Bonchev–Trinajstić information content (AvgIpc) is 2.47. The van der Waals surface area contributed by atoms with E-state index in [0.29, 0.717) is 4.09 Å². The zero-order valence-corrected chi connectivity index (χ0v) is 11.1. The van der Waals surface area contributed by atoms with Crippen molar-refractivity contribution in [1.29, 1.82) is 0 Å². The van der Waals surface area contributed by atoms with Gasteiger partial charge in [-0.3, -0.25) is 0 Å². The number of hydrogen-bond donors (Lipinski definition) is 0. The summed E-state index contributed by atoms with van der Waals surface area (Å²) in [4.78, 5) is 0. The van der Waals surface area contributed by atoms with Crippen LogP contribution >= 0.6 is 11.8 Å². The van der Waals surface area contributed by atoms with Crippen molar-refractivity contribution in [3.05, 3.63) is 12.0 Å². The molecule has 0 bridgehead atoms. The zero-order chi connectivity index (χ0) is 12.5. The summed E-state index contributed by atoms with van der Waals surface area (Å²) in [7, 11) is -1.01. The Hall–Kier alpha value is -0.600. The van der Waals surface area contributed by atoms with Crippen LogP contribution in [0.4, 0.5) is 4.39 Å². The fourth-order valence-corrected chi connectivity index (χ4v) is 2.88. The molecule has 16 heavy (non-hydrogen) atoms. The van der Waals surface area contributed by atoms with Crippen molar-refractivity contribution in [2.45, 2.75) is 24.1 Å². The first-order chi connectivity index (χ1) is 7.26. The molecule has 0 radical (unpaired) electrons. The molecule has 0 N–H and O–H groups in total. The van der Waals surface area contributed by atoms with E-state index in [1.54, 1.807) is 0 Å². The van der Waals surface area contributed by atoms with Crippen LogP contribution in [0.2, 0.25) is 0 Å². The van der Waals surface area contributed by atoms with Crippen LogP contribution in [0.1, 0.15) is 13.8 Å². The highest BCUT2D eigenvalue weighted by atomic mass is 32.2. The van der Waals surface area contributed by atoms with E-state index in [2.05, 4.69) is 5.10 Å². The quantitative estimate of drug-likeness (QED) is 0.769. The molecule has 0 amide bonds. The Balaban J connectivity index is 3.26. The lowest BCUT2D eigenvalue weighted by molar-refractivity contribution is 0.495. The monoisotopic (exact) mass is 267 g/mol. The van der Waals surface area contributed by atoms with Crippen molar-refractivity contribution in [3.63, 3.8) is 0 Å². The zero-order valence-electron chi connectivity index (χ0n) is 9.51. The first kappa shape index (κ1) is 13.5. The maximum Gasteiger partial charge on any atom is 0.323 e. The summed E-state index contributed by atoms with van der Waals surface area (Å²) in [5, 5.41) is 3.64. The molecular weight excluding hydrogens is 253 g/mol. The summed E-state index contributed by atoms with van der Waals surface area (Å²) >= 11 is 1.12. The first-order valence-corrected chi connectivity index (χ1v) is 6.87. The number of aromatic nitrogens is 2. The third kappa shape index (κ3) is 2.55. The predicted molar refractivity (Wildman–Crippen MR) is 61.2 cm³/mol. The highest BCUT2D eigenvalue weighted by molar-refractivity contribution is 8.00. The standard InChI is InChI=1S/C8H14FN3O2S2/c1-6(2)15-8-7(9)5-10-12(8)16(13,14)11(3)4/h5-6H,1-4H3. The van der Waals surface area contributed by atoms with Crippen LogP contribution in [0.3, 0.4) is 0 Å². The van der Waals surface area contributed by atoms with Crippen molar-refractivity contribution in [2.24, 2.45) is 0 Å². The summed E-state index contributed by atoms with van der Waals surface area (Å²) in [5.41, 5.74) is 0. The van der Waals surface area contributed by atoms with Crippen LogP contribution in [0.25, 0.3) is 0 Å². The van der Waals surface area contributed by atoms with E-state index in [4.69, 9.17) is 0 Å². The Kier molecular flexibility index (Phi) is 3.97. The van der Waals surface area contributed by atoms with E-state index in [1.807, 2.05) is 13.8 Å². The topological polar surface area (TPSA) is 55.2 Å². The lowest BCUT2D eigenvalue weighted by Gasteiger charge is -2.14. The third-order valence-corrected chi connectivity index (χ3v) is 4.50. The van der Waals surface area contributed by atoms with E-state index >= 15 is 0 Å². The molecule has 1 heterocycles. The van der Waals surface area contributed by atoms with Crippen LogP contribution in [-0.2, 0) is 10.2 Å². The highest BCUT2D eigenvalue weighted by Gasteiger charge is 2.24. The van der Waals surface area contributed by atoms with E-state index in [1.165, 1.54) is 14.1 Å². The van der Waals surface area contributed by atoms with Gasteiger partial charge in [0.15, 0.2) is 5.82 Å². The molecule has 0 aliphatic rings. The first-order valence-electron chi connectivity index (χ1n) is 4.60. The lowest BCUT2D eigenvalue weighted by atomic mass is 10.6. The Morgan fingerprint density at radius 2 is 2.06 bits per heavy atom. The normalized spacial score (nSPS) is 12.7. The number of halogens is 1. The van der Waals surface area contributed by atoms with E-state index in [9.17, 15) is 12.8 Å². The molecule has 0 aliphatic carbocycles. The Bertz CT molecular complexity index is 468. The predicted octanol–water partition coefficient (Wildman–Crippen LogP) is 1.18. The lowest BCUT2D eigenvalue weighted by Crippen LogP contribution is -2.30. The van der Waals surface area contributed by atoms with E-state index in [0.717, 1.165) is 22.3 Å². The van der Waals surface area contributed by atoms with Crippen molar-refractivity contribution >= 4 is 22.0 Å². The molecule has 92 valence electrons. The second-order valence-electron chi connectivity index (χ2n) is 3.60. The van der Waals surface area contributed by atoms with Gasteiger partial charge in [0.1, 0.15) is 5.03 Å². The summed E-state index contributed by atoms with van der Waals surface area (Å²) in [6.07, 6.45) is 0.908. The molecule has 0 unspecified atom stereocenters. The maximum atomic E-state index is 13.4. The number of thioether (sulfide) groups is 1. The molecule has 0 spiro atoms. The average molecular weight is 267 g/mol. The van der Waals surface area contributed by atoms with Crippen LogP contribution < -0.4 is 0 Å². The van der Waals surface area contributed by atoms with Crippen LogP contribution in [0.5, 0.6) is 0 Å². The molecular formula is C8H14FN3O2S2. The summed E-state index contributed by atoms with van der Waals surface area (Å²) in [6, 6.07) is 0. The maximum absolute atomic E-state index is 13.4. The van der Waals surface area contributed by atoms with Crippen LogP contribution in [0, 0.1) is 5.82 Å². The van der Waals surface area contributed by atoms with Crippen molar-refractivity contribution in [3.8, 4) is 0 Å². The molecule has 0 aromatic carbocycles. The summed E-state index contributed by atoms with van der Waals surface area (Å²) < 4.78 is 38.7. The summed E-state index contributed by atoms with van der Waals surface area (Å²) in [6.45, 7) is 3.70. The number of nitrogens with zero attached hydrogens (tertiary/aromatic N) is 3. The van der Waals surface area contributed by atoms with Gasteiger partial charge < -0.3 is 0 Å². The van der Waals surface area contributed by atoms with Gasteiger partial charge in [0, 0.05) is 19.3 Å². The molecule has 0 saturated carbocycles. The van der Waals surface area contributed by atoms with Crippen molar-refractivity contribution < 1.29 is 12.8 Å². The van der Waals surface area contributed by atoms with Gasteiger partial charge in [0.05, 0.1) is 6.20 Å². The summed E-state index contributed by atoms with van der Waals surface area (Å²) in [5.74, 6) is -0.621. The van der Waals surface area contributed by atoms with Gasteiger partial charge in [-0.1, -0.05) is 25.6 Å². The number of hydrogen-bond acceptors (Lipinski definition) is 4. The highest BCUT2D eigenvalue weighted by Crippen LogP contribution is 2.26. The molecule has 8 heteroatoms. The minimum atomic E-state index is -3.75.